The van der Waals surface area contributed by atoms with Crippen LogP contribution in [0.1, 0.15) is 54.6 Å². The molecule has 0 aromatic heterocycles. The lowest BCUT2D eigenvalue weighted by atomic mass is 9.94. The Morgan fingerprint density at radius 2 is 1.42 bits per heavy atom. The van der Waals surface area contributed by atoms with Gasteiger partial charge in [0.2, 0.25) is 0 Å². The summed E-state index contributed by atoms with van der Waals surface area (Å²) in [5.74, 6) is -0.179. The molecular weight excluding hydrogens is 442 g/mol. The summed E-state index contributed by atoms with van der Waals surface area (Å²) in [6.07, 6.45) is 0.287. The zero-order valence-electron chi connectivity index (χ0n) is 21.4. The number of nitrogens with zero attached hydrogens (tertiary/aromatic N) is 1. The smallest absolute Gasteiger partial charge is 0.307 e. The second-order valence-electron chi connectivity index (χ2n) is 9.26. The molecule has 0 spiro atoms. The minimum absolute atomic E-state index is 0.0915. The summed E-state index contributed by atoms with van der Waals surface area (Å²) < 4.78 is 5.44. The largest absolute Gasteiger partial charge is 0.466 e. The molecular formula is C33H35NO2. The van der Waals surface area contributed by atoms with E-state index in [0.717, 1.165) is 17.7 Å². The first-order valence-electron chi connectivity index (χ1n) is 12.7. The van der Waals surface area contributed by atoms with E-state index in [1.54, 1.807) is 0 Å². The highest BCUT2D eigenvalue weighted by atomic mass is 16.5. The Kier molecular flexibility index (Phi) is 8.70. The molecule has 0 unspecified atom stereocenters. The maximum atomic E-state index is 12.9. The Bertz CT molecular complexity index is 1240. The first-order chi connectivity index (χ1) is 17.5. The Morgan fingerprint density at radius 1 is 0.778 bits per heavy atom. The van der Waals surface area contributed by atoms with Crippen LogP contribution in [0.2, 0.25) is 0 Å². The molecule has 3 heteroatoms. The van der Waals surface area contributed by atoms with Crippen molar-refractivity contribution in [3.63, 3.8) is 0 Å². The third kappa shape index (κ3) is 6.50. The van der Waals surface area contributed by atoms with Crippen molar-refractivity contribution in [3.05, 3.63) is 131 Å². The Morgan fingerprint density at radius 3 is 2.08 bits per heavy atom. The molecule has 3 nitrogen and oxygen atoms in total. The number of esters is 1. The molecule has 4 aromatic carbocycles. The van der Waals surface area contributed by atoms with Crippen LogP contribution in [0.3, 0.4) is 0 Å². The molecule has 0 saturated heterocycles. The molecule has 0 N–H and O–H groups in total. The molecule has 0 aliphatic carbocycles. The maximum absolute atomic E-state index is 12.9. The molecule has 0 radical (unpaired) electrons. The minimum Gasteiger partial charge on any atom is -0.466 e. The van der Waals surface area contributed by atoms with Gasteiger partial charge in [0.15, 0.2) is 0 Å². The van der Waals surface area contributed by atoms with E-state index in [1.165, 1.54) is 22.3 Å². The fraction of sp³-hybridized carbons (Fsp3) is 0.242. The lowest BCUT2D eigenvalue weighted by Gasteiger charge is -2.37. The van der Waals surface area contributed by atoms with Crippen LogP contribution in [-0.2, 0) is 16.1 Å². The van der Waals surface area contributed by atoms with E-state index >= 15 is 0 Å². The van der Waals surface area contributed by atoms with Crippen LogP contribution in [0, 0.1) is 6.92 Å². The fourth-order valence-electron chi connectivity index (χ4n) is 4.71. The summed E-state index contributed by atoms with van der Waals surface area (Å²) in [6, 6.07) is 38.1. The highest BCUT2D eigenvalue weighted by Gasteiger charge is 2.29. The molecule has 0 amide bonds. The zero-order chi connectivity index (χ0) is 25.3. The predicted octanol–water partition coefficient (Wildman–Crippen LogP) is 7.92. The number of carbonyl (C=O) groups excluding carboxylic acids is 1. The predicted molar refractivity (Wildman–Crippen MR) is 147 cm³/mol. The summed E-state index contributed by atoms with van der Waals surface area (Å²) >= 11 is 0. The van der Waals surface area contributed by atoms with Gasteiger partial charge in [-0.05, 0) is 54.7 Å². The molecule has 0 saturated carbocycles. The number of benzene rings is 4. The standard InChI is InChI=1S/C33H35NO2/c1-4-36-33(35)23-32(31-17-11-16-30(22-31)29-20-18-25(2)19-21-29)34(24-27-12-7-5-8-13-27)26(3)28-14-9-6-10-15-28/h5-22,26,32H,4,23-24H2,1-3H3/t26-,32+/m1/s1. The summed E-state index contributed by atoms with van der Waals surface area (Å²) in [4.78, 5) is 15.3. The van der Waals surface area contributed by atoms with Crippen LogP contribution in [0.5, 0.6) is 0 Å². The molecule has 0 heterocycles. The Labute approximate surface area is 215 Å². The van der Waals surface area contributed by atoms with Gasteiger partial charge in [-0.2, -0.15) is 0 Å². The Balaban J connectivity index is 1.78. The number of hydrogen-bond acceptors (Lipinski definition) is 3. The lowest BCUT2D eigenvalue weighted by molar-refractivity contribution is -0.145. The van der Waals surface area contributed by atoms with E-state index in [-0.39, 0.29) is 24.5 Å². The highest BCUT2D eigenvalue weighted by molar-refractivity contribution is 5.71. The molecule has 36 heavy (non-hydrogen) atoms. The summed E-state index contributed by atoms with van der Waals surface area (Å²) in [5.41, 5.74) is 7.10. The topological polar surface area (TPSA) is 29.5 Å². The summed E-state index contributed by atoms with van der Waals surface area (Å²) in [7, 11) is 0. The van der Waals surface area contributed by atoms with Crippen molar-refractivity contribution in [2.75, 3.05) is 6.61 Å². The number of hydrogen-bond donors (Lipinski definition) is 0. The third-order valence-corrected chi connectivity index (χ3v) is 6.71. The molecule has 0 bridgehead atoms. The second-order valence-corrected chi connectivity index (χ2v) is 9.26. The van der Waals surface area contributed by atoms with Gasteiger partial charge in [0.1, 0.15) is 0 Å². The maximum Gasteiger partial charge on any atom is 0.307 e. The van der Waals surface area contributed by atoms with Crippen LogP contribution < -0.4 is 0 Å². The van der Waals surface area contributed by atoms with Crippen LogP contribution in [0.25, 0.3) is 11.1 Å². The quantitative estimate of drug-likeness (QED) is 0.217. The highest BCUT2D eigenvalue weighted by Crippen LogP contribution is 2.36. The van der Waals surface area contributed by atoms with Gasteiger partial charge >= 0.3 is 5.97 Å². The van der Waals surface area contributed by atoms with Gasteiger partial charge < -0.3 is 4.74 Å². The van der Waals surface area contributed by atoms with Gasteiger partial charge in [0, 0.05) is 18.6 Å². The van der Waals surface area contributed by atoms with Crippen molar-refractivity contribution < 1.29 is 9.53 Å². The monoisotopic (exact) mass is 477 g/mol. The van der Waals surface area contributed by atoms with Crippen molar-refractivity contribution in [3.8, 4) is 11.1 Å². The number of rotatable bonds is 10. The van der Waals surface area contributed by atoms with Gasteiger partial charge in [-0.1, -0.05) is 109 Å². The van der Waals surface area contributed by atoms with Crippen molar-refractivity contribution in [1.82, 2.24) is 4.90 Å². The van der Waals surface area contributed by atoms with Gasteiger partial charge in [0.05, 0.1) is 13.0 Å². The summed E-state index contributed by atoms with van der Waals surface area (Å²) in [5, 5.41) is 0. The Hall–Kier alpha value is -3.69. The van der Waals surface area contributed by atoms with E-state index in [1.807, 2.05) is 19.1 Å². The average molecular weight is 478 g/mol. The first kappa shape index (κ1) is 25.4. The molecule has 4 aromatic rings. The van der Waals surface area contributed by atoms with Crippen LogP contribution in [0.4, 0.5) is 0 Å². The number of carbonyl (C=O) groups is 1. The fourth-order valence-corrected chi connectivity index (χ4v) is 4.71. The third-order valence-electron chi connectivity index (χ3n) is 6.71. The molecule has 0 aliphatic heterocycles. The first-order valence-corrected chi connectivity index (χ1v) is 12.7. The molecule has 0 aliphatic rings. The minimum atomic E-state index is -0.179. The van der Waals surface area contributed by atoms with Crippen LogP contribution >= 0.6 is 0 Å². The van der Waals surface area contributed by atoms with Gasteiger partial charge in [0.25, 0.3) is 0 Å². The normalized spacial score (nSPS) is 12.8. The van der Waals surface area contributed by atoms with E-state index in [0.29, 0.717) is 6.61 Å². The second kappa shape index (κ2) is 12.3. The van der Waals surface area contributed by atoms with Crippen molar-refractivity contribution >= 4 is 5.97 Å². The van der Waals surface area contributed by atoms with Crippen molar-refractivity contribution in [2.45, 2.75) is 45.8 Å². The molecule has 0 fully saturated rings. The molecule has 2 atom stereocenters. The SMILES string of the molecule is CCOC(=O)C[C@@H](c1cccc(-c2ccc(C)cc2)c1)N(Cc1ccccc1)[C@H](C)c1ccccc1. The van der Waals surface area contributed by atoms with Gasteiger partial charge in [-0.25, -0.2) is 0 Å². The van der Waals surface area contributed by atoms with Gasteiger partial charge in [-0.3, -0.25) is 9.69 Å². The van der Waals surface area contributed by atoms with Crippen LogP contribution in [0.15, 0.2) is 109 Å². The van der Waals surface area contributed by atoms with Crippen molar-refractivity contribution in [2.24, 2.45) is 0 Å². The van der Waals surface area contributed by atoms with E-state index in [4.69, 9.17) is 4.74 Å². The average Bonchev–Trinajstić information content (AvgIpc) is 2.92. The zero-order valence-corrected chi connectivity index (χ0v) is 21.4. The van der Waals surface area contributed by atoms with Crippen molar-refractivity contribution in [1.29, 1.82) is 0 Å². The summed E-state index contributed by atoms with van der Waals surface area (Å²) in [6.45, 7) is 7.28. The van der Waals surface area contributed by atoms with Gasteiger partial charge in [-0.15, -0.1) is 0 Å². The number of ether oxygens (including phenoxy) is 1. The van der Waals surface area contributed by atoms with E-state index < -0.39 is 0 Å². The van der Waals surface area contributed by atoms with E-state index in [9.17, 15) is 4.79 Å². The molecule has 184 valence electrons. The van der Waals surface area contributed by atoms with E-state index in [2.05, 4.69) is 116 Å². The van der Waals surface area contributed by atoms with Crippen LogP contribution in [-0.4, -0.2) is 17.5 Å². The molecule has 4 rings (SSSR count). The lowest BCUT2D eigenvalue weighted by Crippen LogP contribution is -2.33. The number of aryl methyl sites for hydroxylation is 1.